The Morgan fingerprint density at radius 3 is 2.78 bits per heavy atom. The van der Waals surface area contributed by atoms with Gasteiger partial charge in [0.15, 0.2) is 0 Å². The van der Waals surface area contributed by atoms with Gasteiger partial charge in [0, 0.05) is 21.8 Å². The second-order valence-electron chi connectivity index (χ2n) is 3.63. The van der Waals surface area contributed by atoms with Crippen molar-refractivity contribution in [3.05, 3.63) is 57.9 Å². The zero-order valence-corrected chi connectivity index (χ0v) is 11.7. The Hall–Kier alpha value is -1.13. The Bertz CT molecular complexity index is 550. The highest BCUT2D eigenvalue weighted by molar-refractivity contribution is 9.10. The molecule has 2 nitrogen and oxygen atoms in total. The molecule has 0 saturated heterocycles. The van der Waals surface area contributed by atoms with Crippen molar-refractivity contribution in [3.8, 4) is 5.88 Å². The molecular weight excluding hydrogens is 321 g/mol. The summed E-state index contributed by atoms with van der Waals surface area (Å²) in [6.07, 6.45) is 1.62. The zero-order valence-electron chi connectivity index (χ0n) is 9.37. The highest BCUT2D eigenvalue weighted by Gasteiger charge is 2.07. The molecule has 0 bridgehead atoms. The maximum absolute atomic E-state index is 13.4. The molecule has 94 valence electrons. The van der Waals surface area contributed by atoms with Gasteiger partial charge in [-0.05, 0) is 28.1 Å². The summed E-state index contributed by atoms with van der Waals surface area (Å²) in [4.78, 5) is 4.12. The summed E-state index contributed by atoms with van der Waals surface area (Å²) in [7, 11) is 0. The monoisotopic (exact) mass is 329 g/mol. The second-order valence-corrected chi connectivity index (χ2v) is 4.81. The van der Waals surface area contributed by atoms with E-state index in [0.29, 0.717) is 17.3 Å². The lowest BCUT2D eigenvalue weighted by Crippen LogP contribution is -2.01. The molecule has 0 aliphatic heterocycles. The van der Waals surface area contributed by atoms with Gasteiger partial charge in [0.1, 0.15) is 12.4 Å². The minimum atomic E-state index is -0.290. The lowest BCUT2D eigenvalue weighted by atomic mass is 10.2. The van der Waals surface area contributed by atoms with E-state index in [1.54, 1.807) is 24.4 Å². The lowest BCUT2D eigenvalue weighted by Gasteiger charge is -2.09. The van der Waals surface area contributed by atoms with E-state index in [1.165, 1.54) is 6.07 Å². The zero-order chi connectivity index (χ0) is 13.0. The van der Waals surface area contributed by atoms with Gasteiger partial charge >= 0.3 is 0 Å². The summed E-state index contributed by atoms with van der Waals surface area (Å²) in [5, 5.41) is 0. The van der Waals surface area contributed by atoms with Crippen LogP contribution in [-0.4, -0.2) is 4.98 Å². The van der Waals surface area contributed by atoms with Crippen LogP contribution in [0.5, 0.6) is 5.88 Å². The maximum atomic E-state index is 13.4. The van der Waals surface area contributed by atoms with Gasteiger partial charge in [0.05, 0.1) is 5.88 Å². The van der Waals surface area contributed by atoms with Crippen LogP contribution >= 0.6 is 27.5 Å². The van der Waals surface area contributed by atoms with Gasteiger partial charge in [-0.3, -0.25) is 0 Å². The number of hydrogen-bond donors (Lipinski definition) is 0. The molecule has 1 heterocycles. The second kappa shape index (κ2) is 6.16. The van der Waals surface area contributed by atoms with E-state index in [0.717, 1.165) is 10.0 Å². The Labute approximate surface area is 118 Å². The molecule has 2 aromatic rings. The molecule has 1 aromatic carbocycles. The number of pyridine rings is 1. The van der Waals surface area contributed by atoms with E-state index in [9.17, 15) is 4.39 Å². The van der Waals surface area contributed by atoms with Crippen molar-refractivity contribution < 1.29 is 9.13 Å². The van der Waals surface area contributed by atoms with Crippen LogP contribution in [0.25, 0.3) is 0 Å². The topological polar surface area (TPSA) is 22.1 Å². The van der Waals surface area contributed by atoms with Crippen molar-refractivity contribution in [3.63, 3.8) is 0 Å². The van der Waals surface area contributed by atoms with Crippen molar-refractivity contribution >= 4 is 27.5 Å². The number of rotatable bonds is 4. The molecule has 1 aromatic heterocycles. The first-order valence-electron chi connectivity index (χ1n) is 5.27. The Kier molecular flexibility index (Phi) is 4.55. The summed E-state index contributed by atoms with van der Waals surface area (Å²) >= 11 is 9.11. The van der Waals surface area contributed by atoms with Crippen molar-refractivity contribution in [2.75, 3.05) is 0 Å². The molecule has 0 N–H and O–H groups in total. The number of ether oxygens (including phenoxy) is 1. The van der Waals surface area contributed by atoms with Crippen LogP contribution in [0, 0.1) is 5.82 Å². The Morgan fingerprint density at radius 1 is 1.28 bits per heavy atom. The van der Waals surface area contributed by atoms with Crippen LogP contribution in [0.15, 0.2) is 41.0 Å². The van der Waals surface area contributed by atoms with Crippen molar-refractivity contribution in [2.24, 2.45) is 0 Å². The first-order chi connectivity index (χ1) is 8.70. The first kappa shape index (κ1) is 13.3. The third-order valence-corrected chi connectivity index (χ3v) is 3.08. The molecule has 0 unspecified atom stereocenters. The van der Waals surface area contributed by atoms with Crippen LogP contribution in [0.3, 0.4) is 0 Å². The lowest BCUT2D eigenvalue weighted by molar-refractivity contribution is 0.285. The number of alkyl halides is 1. The number of hydrogen-bond acceptors (Lipinski definition) is 2. The number of benzene rings is 1. The van der Waals surface area contributed by atoms with Crippen LogP contribution < -0.4 is 4.74 Å². The van der Waals surface area contributed by atoms with Crippen LogP contribution in [0.2, 0.25) is 0 Å². The molecule has 0 saturated carbocycles. The number of nitrogens with zero attached hydrogens (tertiary/aromatic N) is 1. The summed E-state index contributed by atoms with van der Waals surface area (Å²) < 4.78 is 19.7. The van der Waals surface area contributed by atoms with Crippen molar-refractivity contribution in [1.82, 2.24) is 4.98 Å². The third-order valence-electron chi connectivity index (χ3n) is 2.36. The average Bonchev–Trinajstić information content (AvgIpc) is 2.39. The molecule has 0 radical (unpaired) electrons. The molecule has 2 rings (SSSR count). The van der Waals surface area contributed by atoms with Gasteiger partial charge in [0.2, 0.25) is 5.88 Å². The van der Waals surface area contributed by atoms with Gasteiger partial charge in [-0.25, -0.2) is 9.37 Å². The predicted octanol–water partition coefficient (Wildman–Crippen LogP) is 4.30. The van der Waals surface area contributed by atoms with Gasteiger partial charge in [-0.1, -0.05) is 18.2 Å². The number of halogens is 3. The van der Waals surface area contributed by atoms with Gasteiger partial charge in [-0.2, -0.15) is 0 Å². The quantitative estimate of drug-likeness (QED) is 0.780. The molecule has 0 aliphatic carbocycles. The van der Waals surface area contributed by atoms with Crippen molar-refractivity contribution in [2.45, 2.75) is 12.5 Å². The third kappa shape index (κ3) is 3.21. The van der Waals surface area contributed by atoms with Crippen LogP contribution in [0.1, 0.15) is 11.1 Å². The fourth-order valence-corrected chi connectivity index (χ4v) is 2.03. The van der Waals surface area contributed by atoms with Gasteiger partial charge in [0.25, 0.3) is 0 Å². The molecule has 5 heteroatoms. The molecule has 18 heavy (non-hydrogen) atoms. The van der Waals surface area contributed by atoms with E-state index in [-0.39, 0.29) is 12.4 Å². The van der Waals surface area contributed by atoms with E-state index < -0.39 is 0 Å². The first-order valence-corrected chi connectivity index (χ1v) is 6.60. The molecule has 0 amide bonds. The predicted molar refractivity (Wildman–Crippen MR) is 72.2 cm³/mol. The van der Waals surface area contributed by atoms with Crippen molar-refractivity contribution in [1.29, 1.82) is 0 Å². The summed E-state index contributed by atoms with van der Waals surface area (Å²) in [5.74, 6) is 0.428. The van der Waals surface area contributed by atoms with E-state index in [2.05, 4.69) is 20.9 Å². The minimum Gasteiger partial charge on any atom is -0.472 e. The Morgan fingerprint density at radius 2 is 2.06 bits per heavy atom. The van der Waals surface area contributed by atoms with Crippen LogP contribution in [0.4, 0.5) is 4.39 Å². The van der Waals surface area contributed by atoms with Crippen LogP contribution in [-0.2, 0) is 12.5 Å². The summed E-state index contributed by atoms with van der Waals surface area (Å²) in [5.41, 5.74) is 1.25. The highest BCUT2D eigenvalue weighted by Crippen LogP contribution is 2.22. The van der Waals surface area contributed by atoms with E-state index in [1.807, 2.05) is 6.07 Å². The molecule has 0 atom stereocenters. The average molecular weight is 331 g/mol. The van der Waals surface area contributed by atoms with E-state index in [4.69, 9.17) is 16.3 Å². The standard InChI is InChI=1S/C13H10BrClFNO/c14-11-5-10(6-15)13(17-7-11)18-8-9-3-1-2-4-12(9)16/h1-5,7H,6,8H2. The smallest absolute Gasteiger partial charge is 0.218 e. The minimum absolute atomic E-state index is 0.130. The molecule has 0 spiro atoms. The maximum Gasteiger partial charge on any atom is 0.218 e. The summed E-state index contributed by atoms with van der Waals surface area (Å²) in [6, 6.07) is 8.31. The van der Waals surface area contributed by atoms with E-state index >= 15 is 0 Å². The molecular formula is C13H10BrClFNO. The fraction of sp³-hybridized carbons (Fsp3) is 0.154. The summed E-state index contributed by atoms with van der Waals surface area (Å²) in [6.45, 7) is 0.130. The number of aromatic nitrogens is 1. The molecule has 0 fully saturated rings. The van der Waals surface area contributed by atoms with Gasteiger partial charge in [-0.15, -0.1) is 11.6 Å². The highest BCUT2D eigenvalue weighted by atomic mass is 79.9. The van der Waals surface area contributed by atoms with Gasteiger partial charge < -0.3 is 4.74 Å². The molecule has 0 aliphatic rings. The Balaban J connectivity index is 2.13. The largest absolute Gasteiger partial charge is 0.472 e. The SMILES string of the molecule is Fc1ccccc1COc1ncc(Br)cc1CCl. The normalized spacial score (nSPS) is 10.4. The fourth-order valence-electron chi connectivity index (χ4n) is 1.46.